The molecule has 46 valence electrons. The highest BCUT2D eigenvalue weighted by Crippen LogP contribution is 2.39. The first-order valence-corrected chi connectivity index (χ1v) is 2.68. The highest BCUT2D eigenvalue weighted by Gasteiger charge is 2.59. The SMILES string of the molecule is COC1(C2CO2)CO1. The summed E-state index contributed by atoms with van der Waals surface area (Å²) in [5.41, 5.74) is 0. The topological polar surface area (TPSA) is 34.3 Å². The summed E-state index contributed by atoms with van der Waals surface area (Å²) in [4.78, 5) is 0. The van der Waals surface area contributed by atoms with Crippen molar-refractivity contribution in [1.82, 2.24) is 0 Å². The zero-order valence-corrected chi connectivity index (χ0v) is 4.72. The third kappa shape index (κ3) is 0.491. The third-order valence-corrected chi connectivity index (χ3v) is 1.60. The van der Waals surface area contributed by atoms with Crippen LogP contribution in [0.25, 0.3) is 0 Å². The molecule has 2 saturated heterocycles. The van der Waals surface area contributed by atoms with Crippen LogP contribution >= 0.6 is 0 Å². The molecule has 2 unspecified atom stereocenters. The van der Waals surface area contributed by atoms with Crippen molar-refractivity contribution >= 4 is 0 Å². The van der Waals surface area contributed by atoms with Gasteiger partial charge in [-0.25, -0.2) is 0 Å². The van der Waals surface area contributed by atoms with Crippen LogP contribution in [0, 0.1) is 0 Å². The van der Waals surface area contributed by atoms with E-state index in [9.17, 15) is 0 Å². The predicted octanol–water partition coefficient (Wildman–Crippen LogP) is -0.242. The number of ether oxygens (including phenoxy) is 3. The number of hydrogen-bond acceptors (Lipinski definition) is 3. The molecule has 0 bridgehead atoms. The van der Waals surface area contributed by atoms with Gasteiger partial charge in [0.1, 0.15) is 12.7 Å². The standard InChI is InChI=1S/C5H8O3/c1-6-5(3-8-5)4-2-7-4/h4H,2-3H2,1H3. The maximum atomic E-state index is 5.03. The Morgan fingerprint density at radius 3 is 2.50 bits per heavy atom. The van der Waals surface area contributed by atoms with Gasteiger partial charge in [0.2, 0.25) is 5.79 Å². The Kier molecular flexibility index (Phi) is 0.730. The van der Waals surface area contributed by atoms with E-state index in [0.29, 0.717) is 6.61 Å². The molecular formula is C5H8O3. The molecule has 0 radical (unpaired) electrons. The second kappa shape index (κ2) is 1.23. The summed E-state index contributed by atoms with van der Waals surface area (Å²) < 4.78 is 15.0. The van der Waals surface area contributed by atoms with Crippen molar-refractivity contribution in [3.8, 4) is 0 Å². The van der Waals surface area contributed by atoms with Gasteiger partial charge in [0.15, 0.2) is 0 Å². The summed E-state index contributed by atoms with van der Waals surface area (Å²) in [6.07, 6.45) is 0.229. The Morgan fingerprint density at radius 2 is 2.38 bits per heavy atom. The van der Waals surface area contributed by atoms with Crippen LogP contribution < -0.4 is 0 Å². The van der Waals surface area contributed by atoms with Gasteiger partial charge in [-0.15, -0.1) is 0 Å². The molecule has 2 aliphatic rings. The summed E-state index contributed by atoms with van der Waals surface area (Å²) in [5.74, 6) is -0.319. The van der Waals surface area contributed by atoms with Gasteiger partial charge in [0, 0.05) is 7.11 Å². The van der Waals surface area contributed by atoms with E-state index in [1.54, 1.807) is 7.11 Å². The Labute approximate surface area is 47.5 Å². The Bertz CT molecular complexity index is 104. The molecule has 2 aliphatic heterocycles. The number of methoxy groups -OCH3 is 1. The zero-order valence-electron chi connectivity index (χ0n) is 4.72. The molecule has 0 saturated carbocycles. The molecule has 2 heterocycles. The number of epoxide rings is 2. The van der Waals surface area contributed by atoms with Gasteiger partial charge in [-0.2, -0.15) is 0 Å². The van der Waals surface area contributed by atoms with Crippen molar-refractivity contribution in [3.05, 3.63) is 0 Å². The monoisotopic (exact) mass is 116 g/mol. The molecule has 0 aromatic heterocycles. The predicted molar refractivity (Wildman–Crippen MR) is 25.4 cm³/mol. The molecule has 0 aromatic rings. The van der Waals surface area contributed by atoms with Crippen LogP contribution in [-0.4, -0.2) is 32.2 Å². The fraction of sp³-hybridized carbons (Fsp3) is 1.00. The minimum absolute atomic E-state index is 0.229. The molecule has 2 fully saturated rings. The molecule has 0 aliphatic carbocycles. The van der Waals surface area contributed by atoms with Crippen molar-refractivity contribution in [3.63, 3.8) is 0 Å². The van der Waals surface area contributed by atoms with Crippen molar-refractivity contribution in [2.24, 2.45) is 0 Å². The molecule has 2 atom stereocenters. The first-order chi connectivity index (χ1) is 3.87. The minimum atomic E-state index is -0.319. The van der Waals surface area contributed by atoms with Crippen molar-refractivity contribution in [2.45, 2.75) is 11.9 Å². The van der Waals surface area contributed by atoms with Gasteiger partial charge in [-0.1, -0.05) is 0 Å². The quantitative estimate of drug-likeness (QED) is 0.467. The maximum Gasteiger partial charge on any atom is 0.221 e. The molecule has 3 nitrogen and oxygen atoms in total. The average molecular weight is 116 g/mol. The molecule has 0 N–H and O–H groups in total. The fourth-order valence-electron chi connectivity index (χ4n) is 0.808. The van der Waals surface area contributed by atoms with Crippen molar-refractivity contribution in [2.75, 3.05) is 20.3 Å². The number of hydrogen-bond donors (Lipinski definition) is 0. The summed E-state index contributed by atoms with van der Waals surface area (Å²) >= 11 is 0. The highest BCUT2D eigenvalue weighted by atomic mass is 16.8. The molecular weight excluding hydrogens is 108 g/mol. The zero-order chi connectivity index (χ0) is 5.61. The second-order valence-electron chi connectivity index (χ2n) is 2.13. The first kappa shape index (κ1) is 4.73. The second-order valence-corrected chi connectivity index (χ2v) is 2.13. The van der Waals surface area contributed by atoms with Gasteiger partial charge >= 0.3 is 0 Å². The summed E-state index contributed by atoms with van der Waals surface area (Å²) in [6, 6.07) is 0. The van der Waals surface area contributed by atoms with E-state index in [0.717, 1.165) is 6.61 Å². The Morgan fingerprint density at radius 1 is 1.75 bits per heavy atom. The van der Waals surface area contributed by atoms with Crippen LogP contribution in [0.2, 0.25) is 0 Å². The lowest BCUT2D eigenvalue weighted by Gasteiger charge is -2.02. The van der Waals surface area contributed by atoms with Gasteiger partial charge in [-0.3, -0.25) is 0 Å². The van der Waals surface area contributed by atoms with E-state index in [1.807, 2.05) is 0 Å². The number of rotatable bonds is 2. The van der Waals surface area contributed by atoms with E-state index < -0.39 is 0 Å². The maximum absolute atomic E-state index is 5.03. The van der Waals surface area contributed by atoms with Crippen molar-refractivity contribution < 1.29 is 14.2 Å². The van der Waals surface area contributed by atoms with E-state index >= 15 is 0 Å². The van der Waals surface area contributed by atoms with E-state index in [4.69, 9.17) is 14.2 Å². The van der Waals surface area contributed by atoms with Gasteiger partial charge in [0.25, 0.3) is 0 Å². The molecule has 8 heavy (non-hydrogen) atoms. The van der Waals surface area contributed by atoms with Gasteiger partial charge in [-0.05, 0) is 0 Å². The lowest BCUT2D eigenvalue weighted by molar-refractivity contribution is -0.0298. The van der Waals surface area contributed by atoms with Crippen LogP contribution in [-0.2, 0) is 14.2 Å². The van der Waals surface area contributed by atoms with Crippen LogP contribution in [0.5, 0.6) is 0 Å². The van der Waals surface area contributed by atoms with Crippen LogP contribution in [0.1, 0.15) is 0 Å². The minimum Gasteiger partial charge on any atom is -0.367 e. The smallest absolute Gasteiger partial charge is 0.221 e. The van der Waals surface area contributed by atoms with E-state index in [-0.39, 0.29) is 11.9 Å². The van der Waals surface area contributed by atoms with E-state index in [1.165, 1.54) is 0 Å². The van der Waals surface area contributed by atoms with E-state index in [2.05, 4.69) is 0 Å². The first-order valence-electron chi connectivity index (χ1n) is 2.68. The fourth-order valence-corrected chi connectivity index (χ4v) is 0.808. The molecule has 2 rings (SSSR count). The van der Waals surface area contributed by atoms with Crippen molar-refractivity contribution in [1.29, 1.82) is 0 Å². The lowest BCUT2D eigenvalue weighted by Crippen LogP contribution is -2.21. The Hall–Kier alpha value is -0.120. The molecule has 0 aromatic carbocycles. The van der Waals surface area contributed by atoms with Gasteiger partial charge < -0.3 is 14.2 Å². The normalized spacial score (nSPS) is 51.4. The van der Waals surface area contributed by atoms with Gasteiger partial charge in [0.05, 0.1) is 6.61 Å². The summed E-state index contributed by atoms with van der Waals surface area (Å²) in [6.45, 7) is 1.50. The largest absolute Gasteiger partial charge is 0.367 e. The van der Waals surface area contributed by atoms with Crippen LogP contribution in [0.3, 0.4) is 0 Å². The average Bonchev–Trinajstić information content (AvgIpc) is 2.63. The molecule has 0 spiro atoms. The molecule has 0 amide bonds. The lowest BCUT2D eigenvalue weighted by atomic mass is 10.3. The summed E-state index contributed by atoms with van der Waals surface area (Å²) in [5, 5.41) is 0. The van der Waals surface area contributed by atoms with Crippen LogP contribution in [0.4, 0.5) is 0 Å². The Balaban J connectivity index is 1.99. The third-order valence-electron chi connectivity index (χ3n) is 1.60. The highest BCUT2D eigenvalue weighted by molar-refractivity contribution is 4.96. The summed E-state index contributed by atoms with van der Waals surface area (Å²) in [7, 11) is 1.65. The molecule has 3 heteroatoms. The van der Waals surface area contributed by atoms with Crippen LogP contribution in [0.15, 0.2) is 0 Å².